The van der Waals surface area contributed by atoms with Crippen LogP contribution in [0.1, 0.15) is 34.5 Å². The number of rotatable bonds is 1. The molecular weight excluding hydrogens is 264 g/mol. The van der Waals surface area contributed by atoms with Crippen LogP contribution in [0, 0.1) is 6.92 Å². The molecule has 2 aromatic rings. The molecule has 3 rings (SSSR count). The largest absolute Gasteiger partial charge is 0.326 e. The normalized spacial score (nSPS) is 14.4. The maximum Gasteiger partial charge on any atom is 0.263 e. The fourth-order valence-corrected chi connectivity index (χ4v) is 2.79. The number of aromatic nitrogens is 1. The molecule has 0 atom stereocenters. The molecule has 1 N–H and O–H groups in total. The van der Waals surface area contributed by atoms with Crippen molar-refractivity contribution in [3.63, 3.8) is 0 Å². The highest BCUT2D eigenvalue weighted by atomic mass is 16.2. The van der Waals surface area contributed by atoms with Gasteiger partial charge < -0.3 is 9.88 Å². The van der Waals surface area contributed by atoms with E-state index < -0.39 is 0 Å². The highest BCUT2D eigenvalue weighted by Crippen LogP contribution is 2.27. The lowest BCUT2D eigenvalue weighted by Gasteiger charge is -2.22. The van der Waals surface area contributed by atoms with Gasteiger partial charge in [-0.15, -0.1) is 0 Å². The van der Waals surface area contributed by atoms with Gasteiger partial charge in [0.1, 0.15) is 5.56 Å². The van der Waals surface area contributed by atoms with E-state index >= 15 is 0 Å². The Morgan fingerprint density at radius 3 is 2.76 bits per heavy atom. The first-order chi connectivity index (χ1) is 10.2. The minimum Gasteiger partial charge on any atom is -0.326 e. The summed E-state index contributed by atoms with van der Waals surface area (Å²) in [6.07, 6.45) is 2.99. The zero-order valence-corrected chi connectivity index (χ0v) is 12.1. The van der Waals surface area contributed by atoms with Crippen LogP contribution < -0.4 is 10.5 Å². The van der Waals surface area contributed by atoms with Crippen molar-refractivity contribution in [3.05, 3.63) is 63.6 Å². The number of para-hydroxylation sites is 1. The predicted octanol–water partition coefficient (Wildman–Crippen LogP) is 2.67. The van der Waals surface area contributed by atoms with Crippen LogP contribution in [0.4, 0.5) is 5.69 Å². The summed E-state index contributed by atoms with van der Waals surface area (Å²) in [5.41, 5.74) is 2.75. The van der Waals surface area contributed by atoms with Crippen LogP contribution in [-0.4, -0.2) is 17.4 Å². The molecule has 1 amide bonds. The number of hydrogen-bond acceptors (Lipinski definition) is 2. The van der Waals surface area contributed by atoms with Gasteiger partial charge >= 0.3 is 0 Å². The Hall–Kier alpha value is -2.36. The number of aryl methyl sites for hydroxylation is 2. The van der Waals surface area contributed by atoms with Gasteiger partial charge in [0.05, 0.1) is 0 Å². The van der Waals surface area contributed by atoms with Crippen molar-refractivity contribution in [1.82, 2.24) is 4.98 Å². The number of nitrogens with zero attached hydrogens (tertiary/aromatic N) is 1. The number of carbonyl (C=O) groups excluding carboxylic acids is 1. The molecule has 4 heteroatoms. The molecule has 0 radical (unpaired) electrons. The summed E-state index contributed by atoms with van der Waals surface area (Å²) in [5, 5.41) is 0. The van der Waals surface area contributed by atoms with Gasteiger partial charge in [0.2, 0.25) is 0 Å². The van der Waals surface area contributed by atoms with E-state index in [1.807, 2.05) is 18.2 Å². The molecule has 0 saturated heterocycles. The second-order valence-electron chi connectivity index (χ2n) is 5.43. The number of nitrogens with one attached hydrogen (secondary N) is 1. The third-order valence-electron chi connectivity index (χ3n) is 3.89. The summed E-state index contributed by atoms with van der Waals surface area (Å²) >= 11 is 0. The van der Waals surface area contributed by atoms with E-state index in [0.717, 1.165) is 30.6 Å². The first-order valence-corrected chi connectivity index (χ1v) is 7.26. The number of hydrogen-bond donors (Lipinski definition) is 1. The number of H-pyrrole nitrogens is 1. The summed E-state index contributed by atoms with van der Waals surface area (Å²) in [6, 6.07) is 11.3. The SMILES string of the molecule is Cc1ccc(C(=O)N2CCCCc3ccccc32)c(=O)[nH]1. The highest BCUT2D eigenvalue weighted by molar-refractivity contribution is 6.06. The molecule has 1 aromatic carbocycles. The van der Waals surface area contributed by atoms with Gasteiger partial charge in [-0.25, -0.2) is 0 Å². The molecule has 21 heavy (non-hydrogen) atoms. The molecule has 1 aliphatic heterocycles. The van der Waals surface area contributed by atoms with Crippen LogP contribution in [0.15, 0.2) is 41.2 Å². The topological polar surface area (TPSA) is 53.2 Å². The Labute approximate surface area is 123 Å². The fourth-order valence-electron chi connectivity index (χ4n) is 2.79. The average molecular weight is 282 g/mol. The minimum absolute atomic E-state index is 0.206. The van der Waals surface area contributed by atoms with Crippen molar-refractivity contribution >= 4 is 11.6 Å². The van der Waals surface area contributed by atoms with E-state index in [0.29, 0.717) is 6.54 Å². The molecule has 0 aliphatic carbocycles. The quantitative estimate of drug-likeness (QED) is 0.874. The van der Waals surface area contributed by atoms with E-state index in [-0.39, 0.29) is 17.0 Å². The molecule has 2 heterocycles. The van der Waals surface area contributed by atoms with Gasteiger partial charge in [-0.1, -0.05) is 18.2 Å². The van der Waals surface area contributed by atoms with Gasteiger partial charge in [0.15, 0.2) is 0 Å². The fraction of sp³-hybridized carbons (Fsp3) is 0.294. The van der Waals surface area contributed by atoms with Gasteiger partial charge in [0.25, 0.3) is 11.5 Å². The van der Waals surface area contributed by atoms with E-state index in [1.54, 1.807) is 24.0 Å². The zero-order chi connectivity index (χ0) is 14.8. The van der Waals surface area contributed by atoms with Crippen molar-refractivity contribution in [2.24, 2.45) is 0 Å². The number of amides is 1. The van der Waals surface area contributed by atoms with Crippen molar-refractivity contribution in [2.45, 2.75) is 26.2 Å². The second kappa shape index (κ2) is 5.56. The second-order valence-corrected chi connectivity index (χ2v) is 5.43. The van der Waals surface area contributed by atoms with E-state index in [1.165, 1.54) is 5.56 Å². The molecule has 1 aromatic heterocycles. The van der Waals surface area contributed by atoms with Crippen LogP contribution in [-0.2, 0) is 6.42 Å². The average Bonchev–Trinajstić information content (AvgIpc) is 2.69. The summed E-state index contributed by atoms with van der Waals surface area (Å²) in [4.78, 5) is 29.2. The van der Waals surface area contributed by atoms with Crippen molar-refractivity contribution in [2.75, 3.05) is 11.4 Å². The monoisotopic (exact) mass is 282 g/mol. The van der Waals surface area contributed by atoms with Crippen LogP contribution in [0.3, 0.4) is 0 Å². The minimum atomic E-state index is -0.318. The third-order valence-corrected chi connectivity index (χ3v) is 3.89. The Bertz CT molecular complexity index is 734. The van der Waals surface area contributed by atoms with Crippen molar-refractivity contribution in [1.29, 1.82) is 0 Å². The molecular formula is C17H18N2O2. The zero-order valence-electron chi connectivity index (χ0n) is 12.1. The molecule has 0 saturated carbocycles. The van der Waals surface area contributed by atoms with E-state index in [9.17, 15) is 9.59 Å². The van der Waals surface area contributed by atoms with E-state index in [4.69, 9.17) is 0 Å². The Morgan fingerprint density at radius 1 is 1.14 bits per heavy atom. The predicted molar refractivity (Wildman–Crippen MR) is 82.9 cm³/mol. The van der Waals surface area contributed by atoms with E-state index in [2.05, 4.69) is 11.1 Å². The molecule has 0 bridgehead atoms. The smallest absolute Gasteiger partial charge is 0.263 e. The number of carbonyl (C=O) groups is 1. The van der Waals surface area contributed by atoms with Crippen LogP contribution in [0.25, 0.3) is 0 Å². The van der Waals surface area contributed by atoms with Gasteiger partial charge in [-0.2, -0.15) is 0 Å². The standard InChI is InChI=1S/C17H18N2O2/c1-12-9-10-14(16(20)18-12)17(21)19-11-5-4-7-13-6-2-3-8-15(13)19/h2-3,6,8-10H,4-5,7,11H2,1H3,(H,18,20). The third kappa shape index (κ3) is 2.61. The summed E-state index contributed by atoms with van der Waals surface area (Å²) in [5.74, 6) is -0.217. The number of aromatic amines is 1. The van der Waals surface area contributed by atoms with Gasteiger partial charge in [0, 0.05) is 17.9 Å². The van der Waals surface area contributed by atoms with Crippen molar-refractivity contribution in [3.8, 4) is 0 Å². The summed E-state index contributed by atoms with van der Waals surface area (Å²) in [6.45, 7) is 2.46. The maximum atomic E-state index is 12.8. The summed E-state index contributed by atoms with van der Waals surface area (Å²) in [7, 11) is 0. The number of pyridine rings is 1. The lowest BCUT2D eigenvalue weighted by atomic mass is 10.1. The summed E-state index contributed by atoms with van der Waals surface area (Å²) < 4.78 is 0. The van der Waals surface area contributed by atoms with Crippen LogP contribution in [0.2, 0.25) is 0 Å². The van der Waals surface area contributed by atoms with Crippen LogP contribution >= 0.6 is 0 Å². The number of benzene rings is 1. The molecule has 0 spiro atoms. The number of fused-ring (bicyclic) bond motifs is 1. The molecule has 108 valence electrons. The lowest BCUT2D eigenvalue weighted by molar-refractivity contribution is 0.0985. The lowest BCUT2D eigenvalue weighted by Crippen LogP contribution is -2.35. The Kier molecular flexibility index (Phi) is 3.60. The van der Waals surface area contributed by atoms with Gasteiger partial charge in [-0.3, -0.25) is 9.59 Å². The first-order valence-electron chi connectivity index (χ1n) is 7.26. The van der Waals surface area contributed by atoms with Gasteiger partial charge in [-0.05, 0) is 49.9 Å². The molecule has 0 unspecified atom stereocenters. The highest BCUT2D eigenvalue weighted by Gasteiger charge is 2.23. The Morgan fingerprint density at radius 2 is 1.95 bits per heavy atom. The molecule has 1 aliphatic rings. The molecule has 0 fully saturated rings. The Balaban J connectivity index is 2.03. The van der Waals surface area contributed by atoms with Crippen molar-refractivity contribution < 1.29 is 4.79 Å². The first kappa shape index (κ1) is 13.6. The van der Waals surface area contributed by atoms with Crippen LogP contribution in [0.5, 0.6) is 0 Å². The maximum absolute atomic E-state index is 12.8. The number of anilines is 1. The molecule has 4 nitrogen and oxygen atoms in total.